The molecule has 0 bridgehead atoms. The van der Waals surface area contributed by atoms with Gasteiger partial charge in [0.05, 0.1) is 12.1 Å². The van der Waals surface area contributed by atoms with Gasteiger partial charge in [-0.15, -0.1) is 6.58 Å². The van der Waals surface area contributed by atoms with Crippen LogP contribution in [-0.2, 0) is 9.53 Å². The van der Waals surface area contributed by atoms with Gasteiger partial charge in [-0.05, 0) is 31.2 Å². The van der Waals surface area contributed by atoms with E-state index in [9.17, 15) is 4.79 Å². The van der Waals surface area contributed by atoms with Crippen LogP contribution in [0.3, 0.4) is 0 Å². The van der Waals surface area contributed by atoms with Gasteiger partial charge in [0.2, 0.25) is 0 Å². The minimum absolute atomic E-state index is 0.0906. The fourth-order valence-electron chi connectivity index (χ4n) is 2.67. The second-order valence-corrected chi connectivity index (χ2v) is 5.60. The molecule has 0 spiro atoms. The number of fused-ring (bicyclic) bond motifs is 1. The molecule has 3 aromatic rings. The van der Waals surface area contributed by atoms with Gasteiger partial charge in [0.1, 0.15) is 12.4 Å². The van der Waals surface area contributed by atoms with Crippen molar-refractivity contribution in [3.8, 4) is 11.4 Å². The molecular formula is C20H20N4O2. The number of pyridine rings is 1. The van der Waals surface area contributed by atoms with Crippen molar-refractivity contribution in [1.29, 1.82) is 0 Å². The number of hydrogen-bond donors (Lipinski definition) is 0. The molecule has 2 heterocycles. The van der Waals surface area contributed by atoms with E-state index in [1.165, 1.54) is 0 Å². The Balaban J connectivity index is 2.12. The third-order valence-electron chi connectivity index (χ3n) is 3.78. The van der Waals surface area contributed by atoms with Crippen molar-refractivity contribution < 1.29 is 9.53 Å². The standard InChI is InChI=1S/C20H20N4O2/c1-3-12-24(14-18(25)26-4-2)20-16-9-5-6-10-17(16)22-19(23-20)15-8-7-11-21-13-15/h3,5-11,13H,1,4,12,14H2,2H3. The second-order valence-electron chi connectivity index (χ2n) is 5.60. The fraction of sp³-hybridized carbons (Fsp3) is 0.200. The quantitative estimate of drug-likeness (QED) is 0.482. The molecule has 0 aliphatic rings. The van der Waals surface area contributed by atoms with Gasteiger partial charge in [0.25, 0.3) is 0 Å². The summed E-state index contributed by atoms with van der Waals surface area (Å²) in [5.41, 5.74) is 1.61. The molecule has 6 heteroatoms. The number of ether oxygens (including phenoxy) is 1. The lowest BCUT2D eigenvalue weighted by Gasteiger charge is -2.23. The van der Waals surface area contributed by atoms with Gasteiger partial charge in [-0.3, -0.25) is 9.78 Å². The highest BCUT2D eigenvalue weighted by atomic mass is 16.5. The summed E-state index contributed by atoms with van der Waals surface area (Å²) < 4.78 is 5.10. The van der Waals surface area contributed by atoms with Crippen LogP contribution >= 0.6 is 0 Å². The first kappa shape index (κ1) is 17.5. The van der Waals surface area contributed by atoms with E-state index >= 15 is 0 Å². The third kappa shape index (κ3) is 3.85. The molecule has 132 valence electrons. The summed E-state index contributed by atoms with van der Waals surface area (Å²) in [7, 11) is 0. The number of aromatic nitrogens is 3. The molecule has 0 saturated carbocycles. The van der Waals surface area contributed by atoms with E-state index in [0.717, 1.165) is 16.5 Å². The Hall–Kier alpha value is -3.28. The second kappa shape index (κ2) is 8.20. The van der Waals surface area contributed by atoms with Gasteiger partial charge >= 0.3 is 5.97 Å². The molecule has 0 atom stereocenters. The van der Waals surface area contributed by atoms with Crippen LogP contribution in [0.5, 0.6) is 0 Å². The Morgan fingerprint density at radius 3 is 2.81 bits per heavy atom. The predicted molar refractivity (Wildman–Crippen MR) is 102 cm³/mol. The topological polar surface area (TPSA) is 68.2 Å². The molecular weight excluding hydrogens is 328 g/mol. The van der Waals surface area contributed by atoms with Crippen LogP contribution in [-0.4, -0.2) is 40.6 Å². The number of nitrogens with zero attached hydrogens (tertiary/aromatic N) is 4. The monoisotopic (exact) mass is 348 g/mol. The number of rotatable bonds is 7. The van der Waals surface area contributed by atoms with Crippen LogP contribution in [0.15, 0.2) is 61.4 Å². The minimum Gasteiger partial charge on any atom is -0.465 e. The molecule has 0 radical (unpaired) electrons. The minimum atomic E-state index is -0.306. The van der Waals surface area contributed by atoms with Crippen LogP contribution in [0.1, 0.15) is 6.92 Å². The summed E-state index contributed by atoms with van der Waals surface area (Å²) in [6, 6.07) is 11.5. The van der Waals surface area contributed by atoms with Crippen molar-refractivity contribution >= 4 is 22.7 Å². The first-order valence-electron chi connectivity index (χ1n) is 8.41. The molecule has 0 aliphatic carbocycles. The van der Waals surface area contributed by atoms with Gasteiger partial charge in [-0.25, -0.2) is 9.97 Å². The maximum Gasteiger partial charge on any atom is 0.325 e. The lowest BCUT2D eigenvalue weighted by atomic mass is 10.2. The highest BCUT2D eigenvalue weighted by molar-refractivity contribution is 5.92. The molecule has 0 saturated heterocycles. The molecule has 2 aromatic heterocycles. The summed E-state index contributed by atoms with van der Waals surface area (Å²) in [6.45, 7) is 6.48. The van der Waals surface area contributed by atoms with Gasteiger partial charge in [-0.1, -0.05) is 18.2 Å². The van der Waals surface area contributed by atoms with Crippen LogP contribution in [0.4, 0.5) is 5.82 Å². The number of hydrogen-bond acceptors (Lipinski definition) is 6. The maximum atomic E-state index is 12.0. The number of benzene rings is 1. The van der Waals surface area contributed by atoms with Crippen molar-refractivity contribution in [2.75, 3.05) is 24.6 Å². The molecule has 1 aromatic carbocycles. The molecule has 0 unspecified atom stereocenters. The number of carbonyl (C=O) groups is 1. The van der Waals surface area contributed by atoms with Gasteiger partial charge in [-0.2, -0.15) is 0 Å². The number of anilines is 1. The smallest absolute Gasteiger partial charge is 0.325 e. The number of esters is 1. The van der Waals surface area contributed by atoms with E-state index in [4.69, 9.17) is 9.72 Å². The molecule has 6 nitrogen and oxygen atoms in total. The zero-order valence-electron chi connectivity index (χ0n) is 14.6. The fourth-order valence-corrected chi connectivity index (χ4v) is 2.67. The third-order valence-corrected chi connectivity index (χ3v) is 3.78. The average Bonchev–Trinajstić information content (AvgIpc) is 2.67. The Kier molecular flexibility index (Phi) is 5.53. The van der Waals surface area contributed by atoms with E-state index in [1.807, 2.05) is 41.3 Å². The molecule has 3 rings (SSSR count). The first-order chi connectivity index (χ1) is 12.7. The zero-order chi connectivity index (χ0) is 18.4. The Bertz CT molecular complexity index is 912. The molecule has 0 N–H and O–H groups in total. The van der Waals surface area contributed by atoms with Crippen LogP contribution in [0.2, 0.25) is 0 Å². The van der Waals surface area contributed by atoms with Crippen molar-refractivity contribution in [1.82, 2.24) is 15.0 Å². The Morgan fingerprint density at radius 2 is 2.08 bits per heavy atom. The van der Waals surface area contributed by atoms with E-state index in [2.05, 4.69) is 16.5 Å². The number of para-hydroxylation sites is 1. The summed E-state index contributed by atoms with van der Waals surface area (Å²) in [4.78, 5) is 27.4. The van der Waals surface area contributed by atoms with Crippen LogP contribution < -0.4 is 4.90 Å². The van der Waals surface area contributed by atoms with Gasteiger partial charge in [0.15, 0.2) is 5.82 Å². The zero-order valence-corrected chi connectivity index (χ0v) is 14.6. The van der Waals surface area contributed by atoms with Gasteiger partial charge < -0.3 is 9.64 Å². The van der Waals surface area contributed by atoms with Crippen molar-refractivity contribution in [3.05, 3.63) is 61.4 Å². The highest BCUT2D eigenvalue weighted by Gasteiger charge is 2.18. The summed E-state index contributed by atoms with van der Waals surface area (Å²) in [5, 5.41) is 0.867. The summed E-state index contributed by atoms with van der Waals surface area (Å²) in [5.74, 6) is 0.923. The Morgan fingerprint density at radius 1 is 1.23 bits per heavy atom. The van der Waals surface area contributed by atoms with Crippen molar-refractivity contribution in [3.63, 3.8) is 0 Å². The average molecular weight is 348 g/mol. The van der Waals surface area contributed by atoms with Crippen LogP contribution in [0.25, 0.3) is 22.3 Å². The van der Waals surface area contributed by atoms with Gasteiger partial charge in [0, 0.05) is 29.9 Å². The molecule has 26 heavy (non-hydrogen) atoms. The molecule has 0 fully saturated rings. The Labute approximate surface area is 152 Å². The lowest BCUT2D eigenvalue weighted by molar-refractivity contribution is -0.141. The van der Waals surface area contributed by atoms with E-state index in [-0.39, 0.29) is 12.5 Å². The van der Waals surface area contributed by atoms with E-state index in [0.29, 0.717) is 24.8 Å². The first-order valence-corrected chi connectivity index (χ1v) is 8.41. The number of carbonyl (C=O) groups excluding carboxylic acids is 1. The maximum absolute atomic E-state index is 12.0. The lowest BCUT2D eigenvalue weighted by Crippen LogP contribution is -2.32. The van der Waals surface area contributed by atoms with Crippen LogP contribution in [0, 0.1) is 0 Å². The van der Waals surface area contributed by atoms with E-state index in [1.54, 1.807) is 25.4 Å². The normalized spacial score (nSPS) is 10.5. The van der Waals surface area contributed by atoms with Crippen molar-refractivity contribution in [2.24, 2.45) is 0 Å². The predicted octanol–water partition coefficient (Wildman–Crippen LogP) is 3.25. The summed E-state index contributed by atoms with van der Waals surface area (Å²) >= 11 is 0. The van der Waals surface area contributed by atoms with Crippen molar-refractivity contribution in [2.45, 2.75) is 6.92 Å². The largest absolute Gasteiger partial charge is 0.465 e. The molecule has 0 aliphatic heterocycles. The van der Waals surface area contributed by atoms with E-state index < -0.39 is 0 Å². The molecule has 0 amide bonds. The SMILES string of the molecule is C=CCN(CC(=O)OCC)c1nc(-c2cccnc2)nc2ccccc12. The summed E-state index contributed by atoms with van der Waals surface area (Å²) in [6.07, 6.45) is 5.16. The highest BCUT2D eigenvalue weighted by Crippen LogP contribution is 2.27.